The lowest BCUT2D eigenvalue weighted by atomic mass is 10.1. The zero-order valence-electron chi connectivity index (χ0n) is 17.9. The van der Waals surface area contributed by atoms with Crippen molar-refractivity contribution in [2.24, 2.45) is 0 Å². The fourth-order valence-corrected chi connectivity index (χ4v) is 2.89. The summed E-state index contributed by atoms with van der Waals surface area (Å²) < 4.78 is 24.9. The number of carbonyl (C=O) groups is 1. The molecule has 1 unspecified atom stereocenters. The molecule has 4 heteroatoms. The minimum atomic E-state index is -1.97. The summed E-state index contributed by atoms with van der Waals surface area (Å²) in [6.45, 7) is 5.83. The number of hydrogen-bond donors (Lipinski definition) is 0. The predicted molar refractivity (Wildman–Crippen MR) is 116 cm³/mol. The summed E-state index contributed by atoms with van der Waals surface area (Å²) in [5.41, 5.74) is 0.0637. The number of alkyl halides is 1. The molecular formula is C25H33FO3. The highest BCUT2D eigenvalue weighted by atomic mass is 19.1. The highest BCUT2D eigenvalue weighted by Crippen LogP contribution is 2.26. The summed E-state index contributed by atoms with van der Waals surface area (Å²) in [5.74, 6) is 0.351. The number of carbonyl (C=O) groups excluding carboxylic acids is 1. The van der Waals surface area contributed by atoms with Gasteiger partial charge in [-0.3, -0.25) is 0 Å². The molecule has 0 bridgehead atoms. The van der Waals surface area contributed by atoms with Crippen molar-refractivity contribution in [1.82, 2.24) is 0 Å². The van der Waals surface area contributed by atoms with Crippen molar-refractivity contribution < 1.29 is 18.7 Å². The van der Waals surface area contributed by atoms with Gasteiger partial charge < -0.3 is 9.47 Å². The van der Waals surface area contributed by atoms with Gasteiger partial charge in [-0.1, -0.05) is 70.2 Å². The standard InChI is InChI=1S/C25H33FO3/c1-4-6-7-8-9-10-19-28-22-15-11-20(12-16-22)21-13-17-23(18-14-21)29-24(27)25(3,26)5-2/h11-18H,4-10,19H2,1-3H3. The lowest BCUT2D eigenvalue weighted by molar-refractivity contribution is -0.146. The molecule has 3 nitrogen and oxygen atoms in total. The van der Waals surface area contributed by atoms with Gasteiger partial charge in [0, 0.05) is 0 Å². The van der Waals surface area contributed by atoms with Crippen molar-refractivity contribution >= 4 is 5.97 Å². The van der Waals surface area contributed by atoms with Crippen LogP contribution in [-0.4, -0.2) is 18.2 Å². The van der Waals surface area contributed by atoms with E-state index in [1.807, 2.05) is 36.4 Å². The summed E-state index contributed by atoms with van der Waals surface area (Å²) in [5, 5.41) is 0. The molecule has 0 saturated heterocycles. The monoisotopic (exact) mass is 400 g/mol. The summed E-state index contributed by atoms with van der Waals surface area (Å²) >= 11 is 0. The van der Waals surface area contributed by atoms with E-state index >= 15 is 0 Å². The normalized spacial score (nSPS) is 13.0. The van der Waals surface area contributed by atoms with Crippen LogP contribution in [0.4, 0.5) is 4.39 Å². The fraction of sp³-hybridized carbons (Fsp3) is 0.480. The van der Waals surface area contributed by atoms with Crippen LogP contribution in [0.25, 0.3) is 11.1 Å². The first-order valence-corrected chi connectivity index (χ1v) is 10.7. The topological polar surface area (TPSA) is 35.5 Å². The highest BCUT2D eigenvalue weighted by molar-refractivity contribution is 5.81. The molecule has 0 heterocycles. The highest BCUT2D eigenvalue weighted by Gasteiger charge is 2.33. The maximum Gasteiger partial charge on any atom is 0.348 e. The maximum atomic E-state index is 14.0. The lowest BCUT2D eigenvalue weighted by Crippen LogP contribution is -2.33. The van der Waals surface area contributed by atoms with E-state index in [-0.39, 0.29) is 6.42 Å². The molecule has 29 heavy (non-hydrogen) atoms. The van der Waals surface area contributed by atoms with E-state index in [2.05, 4.69) is 6.92 Å². The second-order valence-electron chi connectivity index (χ2n) is 7.61. The second kappa shape index (κ2) is 11.6. The average molecular weight is 401 g/mol. The molecule has 0 spiro atoms. The molecular weight excluding hydrogens is 367 g/mol. The molecule has 0 fully saturated rings. The molecule has 0 radical (unpaired) electrons. The van der Waals surface area contributed by atoms with Gasteiger partial charge in [-0.25, -0.2) is 9.18 Å². The Morgan fingerprint density at radius 2 is 1.34 bits per heavy atom. The first-order chi connectivity index (χ1) is 14.0. The second-order valence-corrected chi connectivity index (χ2v) is 7.61. The van der Waals surface area contributed by atoms with E-state index in [1.54, 1.807) is 19.1 Å². The lowest BCUT2D eigenvalue weighted by Gasteiger charge is -2.16. The van der Waals surface area contributed by atoms with Crippen LogP contribution in [0.3, 0.4) is 0 Å². The minimum absolute atomic E-state index is 0.0805. The fourth-order valence-electron chi connectivity index (χ4n) is 2.89. The molecule has 0 aliphatic rings. The van der Waals surface area contributed by atoms with Gasteiger partial charge in [0.25, 0.3) is 0 Å². The van der Waals surface area contributed by atoms with Gasteiger partial charge in [0.1, 0.15) is 11.5 Å². The Bertz CT molecular complexity index is 736. The number of halogens is 1. The zero-order valence-corrected chi connectivity index (χ0v) is 17.9. The Kier molecular flexibility index (Phi) is 9.17. The summed E-state index contributed by atoms with van der Waals surface area (Å²) in [6.07, 6.45) is 7.57. The van der Waals surface area contributed by atoms with Gasteiger partial charge in [-0.05, 0) is 55.2 Å². The number of hydrogen-bond acceptors (Lipinski definition) is 3. The van der Waals surface area contributed by atoms with Crippen molar-refractivity contribution in [2.75, 3.05) is 6.61 Å². The minimum Gasteiger partial charge on any atom is -0.494 e. The number of esters is 1. The van der Waals surface area contributed by atoms with Crippen LogP contribution in [0.5, 0.6) is 11.5 Å². The number of rotatable bonds is 12. The summed E-state index contributed by atoms with van der Waals surface area (Å²) in [4.78, 5) is 11.8. The third-order valence-electron chi connectivity index (χ3n) is 5.11. The van der Waals surface area contributed by atoms with Crippen LogP contribution in [0.15, 0.2) is 48.5 Å². The largest absolute Gasteiger partial charge is 0.494 e. The molecule has 0 aromatic heterocycles. The Morgan fingerprint density at radius 1 is 0.828 bits per heavy atom. The SMILES string of the molecule is CCCCCCCCOc1ccc(-c2ccc(OC(=O)C(C)(F)CC)cc2)cc1. The van der Waals surface area contributed by atoms with Crippen LogP contribution in [0, 0.1) is 0 Å². The molecule has 0 amide bonds. The Labute approximate surface area is 174 Å². The maximum absolute atomic E-state index is 14.0. The Balaban J connectivity index is 1.83. The third kappa shape index (κ3) is 7.52. The van der Waals surface area contributed by atoms with E-state index < -0.39 is 11.6 Å². The van der Waals surface area contributed by atoms with Crippen LogP contribution < -0.4 is 9.47 Å². The molecule has 0 aliphatic heterocycles. The van der Waals surface area contributed by atoms with E-state index in [9.17, 15) is 9.18 Å². The van der Waals surface area contributed by atoms with Gasteiger partial charge in [-0.2, -0.15) is 0 Å². The molecule has 158 valence electrons. The van der Waals surface area contributed by atoms with Crippen molar-refractivity contribution in [1.29, 1.82) is 0 Å². The molecule has 2 aromatic rings. The first-order valence-electron chi connectivity index (χ1n) is 10.7. The van der Waals surface area contributed by atoms with Crippen LogP contribution in [-0.2, 0) is 4.79 Å². The van der Waals surface area contributed by atoms with Crippen LogP contribution in [0.1, 0.15) is 65.7 Å². The van der Waals surface area contributed by atoms with E-state index in [0.717, 1.165) is 29.9 Å². The molecule has 2 rings (SSSR count). The molecule has 0 N–H and O–H groups in total. The number of benzene rings is 2. The Hall–Kier alpha value is -2.36. The van der Waals surface area contributed by atoms with Gasteiger partial charge >= 0.3 is 5.97 Å². The molecule has 0 aliphatic carbocycles. The van der Waals surface area contributed by atoms with E-state index in [4.69, 9.17) is 9.47 Å². The van der Waals surface area contributed by atoms with Gasteiger partial charge in [0.15, 0.2) is 0 Å². The zero-order chi connectivity index (χ0) is 21.1. The third-order valence-corrected chi connectivity index (χ3v) is 5.11. The van der Waals surface area contributed by atoms with E-state index in [0.29, 0.717) is 5.75 Å². The quantitative estimate of drug-likeness (QED) is 0.216. The molecule has 1 atom stereocenters. The summed E-state index contributed by atoms with van der Waals surface area (Å²) in [6, 6.07) is 15.0. The number of unbranched alkanes of at least 4 members (excludes halogenated alkanes) is 5. The first kappa shape index (κ1) is 22.9. The average Bonchev–Trinajstić information content (AvgIpc) is 2.74. The van der Waals surface area contributed by atoms with Crippen molar-refractivity contribution in [2.45, 2.75) is 71.4 Å². The predicted octanol–water partition coefficient (Wildman–Crippen LogP) is 7.14. The van der Waals surface area contributed by atoms with Crippen LogP contribution in [0.2, 0.25) is 0 Å². The molecule has 2 aromatic carbocycles. The smallest absolute Gasteiger partial charge is 0.348 e. The number of ether oxygens (including phenoxy) is 2. The molecule has 0 saturated carbocycles. The van der Waals surface area contributed by atoms with Gasteiger partial charge in [0.2, 0.25) is 5.67 Å². The van der Waals surface area contributed by atoms with Gasteiger partial charge in [-0.15, -0.1) is 0 Å². The summed E-state index contributed by atoms with van der Waals surface area (Å²) in [7, 11) is 0. The van der Waals surface area contributed by atoms with Gasteiger partial charge in [0.05, 0.1) is 6.61 Å². The van der Waals surface area contributed by atoms with Crippen LogP contribution >= 0.6 is 0 Å². The van der Waals surface area contributed by atoms with Crippen molar-refractivity contribution in [3.63, 3.8) is 0 Å². The van der Waals surface area contributed by atoms with Crippen molar-refractivity contribution in [3.05, 3.63) is 48.5 Å². The van der Waals surface area contributed by atoms with Crippen molar-refractivity contribution in [3.8, 4) is 22.6 Å². The van der Waals surface area contributed by atoms with E-state index in [1.165, 1.54) is 39.0 Å². The Morgan fingerprint density at radius 3 is 1.90 bits per heavy atom.